The number of benzene rings is 1. The van der Waals surface area contributed by atoms with Gasteiger partial charge in [0.05, 0.1) is 5.56 Å². The van der Waals surface area contributed by atoms with Crippen molar-refractivity contribution in [1.82, 2.24) is 5.32 Å². The molecule has 0 bridgehead atoms. The lowest BCUT2D eigenvalue weighted by Gasteiger charge is -2.26. The van der Waals surface area contributed by atoms with E-state index >= 15 is 0 Å². The summed E-state index contributed by atoms with van der Waals surface area (Å²) in [7, 11) is 0. The van der Waals surface area contributed by atoms with Gasteiger partial charge in [0.1, 0.15) is 0 Å². The Morgan fingerprint density at radius 1 is 1.21 bits per heavy atom. The van der Waals surface area contributed by atoms with Crippen LogP contribution in [0.15, 0.2) is 24.3 Å². The third-order valence-electron chi connectivity index (χ3n) is 3.12. The monoisotopic (exact) mass is 291 g/mol. The molecule has 5 heteroatoms. The van der Waals surface area contributed by atoms with E-state index in [1.165, 1.54) is 12.1 Å². The second kappa shape index (κ2) is 6.18. The molecular formula is C14H20F3NS. The quantitative estimate of drug-likeness (QED) is 0.857. The Labute approximate surface area is 117 Å². The maximum atomic E-state index is 12.9. The molecule has 1 rings (SSSR count). The summed E-state index contributed by atoms with van der Waals surface area (Å²) in [6.45, 7) is 6.54. The van der Waals surface area contributed by atoms with Gasteiger partial charge in [0.15, 0.2) is 0 Å². The van der Waals surface area contributed by atoms with Crippen molar-refractivity contribution in [3.8, 4) is 0 Å². The van der Waals surface area contributed by atoms with E-state index < -0.39 is 11.7 Å². The summed E-state index contributed by atoms with van der Waals surface area (Å²) in [5.41, 5.74) is -0.260. The Morgan fingerprint density at radius 2 is 1.79 bits per heavy atom. The van der Waals surface area contributed by atoms with Crippen molar-refractivity contribution in [2.75, 3.05) is 12.8 Å². The van der Waals surface area contributed by atoms with Crippen molar-refractivity contribution < 1.29 is 13.2 Å². The van der Waals surface area contributed by atoms with Gasteiger partial charge in [-0.05, 0) is 38.7 Å². The van der Waals surface area contributed by atoms with E-state index in [1.807, 2.05) is 6.26 Å². The fourth-order valence-electron chi connectivity index (χ4n) is 1.71. The molecule has 1 aromatic rings. The summed E-state index contributed by atoms with van der Waals surface area (Å²) in [6.07, 6.45) is -2.31. The van der Waals surface area contributed by atoms with Crippen LogP contribution in [0.4, 0.5) is 13.2 Å². The van der Waals surface area contributed by atoms with Crippen LogP contribution in [-0.4, -0.2) is 17.5 Å². The standard InChI is InChI=1S/C14H20F3NS/c1-10(18-9-13(2,3)19-4)11-7-5-6-8-12(11)14(15,16)17/h5-8,10,18H,9H2,1-4H3. The average Bonchev–Trinajstić information content (AvgIpc) is 2.35. The third-order valence-corrected chi connectivity index (χ3v) is 4.37. The predicted molar refractivity (Wildman–Crippen MR) is 75.5 cm³/mol. The first-order valence-electron chi connectivity index (χ1n) is 6.12. The Kier molecular flexibility index (Phi) is 5.33. The Morgan fingerprint density at radius 3 is 2.32 bits per heavy atom. The highest BCUT2D eigenvalue weighted by atomic mass is 32.2. The van der Waals surface area contributed by atoms with Gasteiger partial charge in [0, 0.05) is 17.3 Å². The Bertz CT molecular complexity index is 415. The molecule has 1 nitrogen and oxygen atoms in total. The lowest BCUT2D eigenvalue weighted by atomic mass is 10.0. The van der Waals surface area contributed by atoms with E-state index in [2.05, 4.69) is 19.2 Å². The molecule has 0 fully saturated rings. The molecule has 0 radical (unpaired) electrons. The van der Waals surface area contributed by atoms with Gasteiger partial charge < -0.3 is 5.32 Å². The molecule has 19 heavy (non-hydrogen) atoms. The van der Waals surface area contributed by atoms with E-state index in [9.17, 15) is 13.2 Å². The van der Waals surface area contributed by atoms with Gasteiger partial charge in [-0.3, -0.25) is 0 Å². The van der Waals surface area contributed by atoms with E-state index in [1.54, 1.807) is 24.8 Å². The first kappa shape index (κ1) is 16.4. The minimum absolute atomic E-state index is 0.00142. The first-order valence-corrected chi connectivity index (χ1v) is 7.34. The van der Waals surface area contributed by atoms with Gasteiger partial charge in [0.2, 0.25) is 0 Å². The number of hydrogen-bond donors (Lipinski definition) is 1. The van der Waals surface area contributed by atoms with Crippen LogP contribution >= 0.6 is 11.8 Å². The van der Waals surface area contributed by atoms with E-state index in [0.717, 1.165) is 6.07 Å². The lowest BCUT2D eigenvalue weighted by Crippen LogP contribution is -2.34. The molecule has 0 spiro atoms. The van der Waals surface area contributed by atoms with Gasteiger partial charge in [-0.1, -0.05) is 18.2 Å². The lowest BCUT2D eigenvalue weighted by molar-refractivity contribution is -0.138. The van der Waals surface area contributed by atoms with Crippen LogP contribution in [-0.2, 0) is 6.18 Å². The Hall–Kier alpha value is -0.680. The van der Waals surface area contributed by atoms with Crippen molar-refractivity contribution in [2.24, 2.45) is 0 Å². The fourth-order valence-corrected chi connectivity index (χ4v) is 1.94. The zero-order chi connectivity index (χ0) is 14.7. The molecule has 1 unspecified atom stereocenters. The van der Waals surface area contributed by atoms with Crippen LogP contribution in [0.5, 0.6) is 0 Å². The second-order valence-electron chi connectivity index (χ2n) is 5.15. The second-order valence-corrected chi connectivity index (χ2v) is 6.66. The van der Waals surface area contributed by atoms with Crippen LogP contribution < -0.4 is 5.32 Å². The summed E-state index contributed by atoms with van der Waals surface area (Å²) in [6, 6.07) is 5.40. The van der Waals surface area contributed by atoms with Gasteiger partial charge >= 0.3 is 6.18 Å². The topological polar surface area (TPSA) is 12.0 Å². The van der Waals surface area contributed by atoms with Crippen LogP contribution in [0.2, 0.25) is 0 Å². The smallest absolute Gasteiger partial charge is 0.309 e. The molecule has 108 valence electrons. The molecular weight excluding hydrogens is 271 g/mol. The van der Waals surface area contributed by atoms with Crippen molar-refractivity contribution >= 4 is 11.8 Å². The van der Waals surface area contributed by atoms with Crippen LogP contribution in [0, 0.1) is 0 Å². The molecule has 0 amide bonds. The van der Waals surface area contributed by atoms with Gasteiger partial charge in [-0.2, -0.15) is 24.9 Å². The summed E-state index contributed by atoms with van der Waals surface area (Å²) < 4.78 is 38.8. The number of rotatable bonds is 5. The van der Waals surface area contributed by atoms with E-state index in [4.69, 9.17) is 0 Å². The molecule has 1 N–H and O–H groups in total. The summed E-state index contributed by atoms with van der Waals surface area (Å²) in [4.78, 5) is 0. The zero-order valence-corrected chi connectivity index (χ0v) is 12.5. The fraction of sp³-hybridized carbons (Fsp3) is 0.571. The van der Waals surface area contributed by atoms with Crippen molar-refractivity contribution in [3.05, 3.63) is 35.4 Å². The third kappa shape index (κ3) is 4.73. The van der Waals surface area contributed by atoms with Gasteiger partial charge in [-0.25, -0.2) is 0 Å². The molecule has 0 aliphatic rings. The minimum Gasteiger partial charge on any atom is -0.309 e. The minimum atomic E-state index is -4.30. The largest absolute Gasteiger partial charge is 0.416 e. The number of alkyl halides is 3. The van der Waals surface area contributed by atoms with Crippen molar-refractivity contribution in [1.29, 1.82) is 0 Å². The van der Waals surface area contributed by atoms with Crippen LogP contribution in [0.25, 0.3) is 0 Å². The normalized spacial score (nSPS) is 14.5. The van der Waals surface area contributed by atoms with Crippen LogP contribution in [0.1, 0.15) is 37.9 Å². The average molecular weight is 291 g/mol. The van der Waals surface area contributed by atoms with E-state index in [0.29, 0.717) is 12.1 Å². The summed E-state index contributed by atoms with van der Waals surface area (Å²) >= 11 is 1.69. The highest BCUT2D eigenvalue weighted by Crippen LogP contribution is 2.34. The Balaban J connectivity index is 2.86. The molecule has 0 aromatic heterocycles. The first-order chi connectivity index (χ1) is 8.67. The molecule has 0 saturated heterocycles. The maximum Gasteiger partial charge on any atom is 0.416 e. The van der Waals surface area contributed by atoms with Crippen LogP contribution in [0.3, 0.4) is 0 Å². The van der Waals surface area contributed by atoms with Crippen molar-refractivity contribution in [2.45, 2.75) is 37.7 Å². The summed E-state index contributed by atoms with van der Waals surface area (Å²) in [5, 5.41) is 3.18. The number of nitrogens with one attached hydrogen (secondary N) is 1. The highest BCUT2D eigenvalue weighted by molar-refractivity contribution is 7.99. The molecule has 0 aliphatic heterocycles. The predicted octanol–water partition coefficient (Wildman–Crippen LogP) is 4.50. The molecule has 0 heterocycles. The molecule has 1 atom stereocenters. The number of thioether (sulfide) groups is 1. The molecule has 0 aliphatic carbocycles. The van der Waals surface area contributed by atoms with Crippen molar-refractivity contribution in [3.63, 3.8) is 0 Å². The van der Waals surface area contributed by atoms with Gasteiger partial charge in [-0.15, -0.1) is 0 Å². The number of hydrogen-bond acceptors (Lipinski definition) is 2. The molecule has 1 aromatic carbocycles. The number of halogens is 3. The molecule has 0 saturated carbocycles. The summed E-state index contributed by atoms with van der Waals surface area (Å²) in [5.74, 6) is 0. The SMILES string of the molecule is CSC(C)(C)CNC(C)c1ccccc1C(F)(F)F. The zero-order valence-electron chi connectivity index (χ0n) is 11.6. The maximum absolute atomic E-state index is 12.9. The van der Waals surface area contributed by atoms with Gasteiger partial charge in [0.25, 0.3) is 0 Å². The highest BCUT2D eigenvalue weighted by Gasteiger charge is 2.34. The van der Waals surface area contributed by atoms with E-state index in [-0.39, 0.29) is 10.8 Å².